The highest BCUT2D eigenvalue weighted by Gasteiger charge is 2.21. The number of aromatic nitrogens is 2. The first-order chi connectivity index (χ1) is 14.7. The van der Waals surface area contributed by atoms with Gasteiger partial charge in [-0.3, -0.25) is 9.36 Å². The monoisotopic (exact) mass is 444 g/mol. The largest absolute Gasteiger partial charge is 0.486 e. The quantitative estimate of drug-likeness (QED) is 0.432. The number of hydrogen-bond acceptors (Lipinski definition) is 6. The van der Waals surface area contributed by atoms with E-state index >= 15 is 0 Å². The molecule has 156 valence electrons. The summed E-state index contributed by atoms with van der Waals surface area (Å²) in [4.78, 5) is 18.0. The number of fused-ring (bicyclic) bond motifs is 2. The predicted molar refractivity (Wildman–Crippen MR) is 117 cm³/mol. The number of nitrogens with zero attached hydrogens (tertiary/aromatic N) is 2. The highest BCUT2D eigenvalue weighted by Crippen LogP contribution is 2.39. The zero-order chi connectivity index (χ0) is 20.5. The Labute approximate surface area is 183 Å². The van der Waals surface area contributed by atoms with Gasteiger partial charge in [-0.05, 0) is 42.7 Å². The van der Waals surface area contributed by atoms with E-state index in [4.69, 9.17) is 30.8 Å². The van der Waals surface area contributed by atoms with Gasteiger partial charge in [-0.15, -0.1) is 0 Å². The summed E-state index contributed by atoms with van der Waals surface area (Å²) in [6.45, 7) is 2.27. The van der Waals surface area contributed by atoms with Crippen LogP contribution in [0.5, 0.6) is 11.5 Å². The predicted octanol–water partition coefficient (Wildman–Crippen LogP) is 4.29. The van der Waals surface area contributed by atoms with Crippen LogP contribution in [0.4, 0.5) is 0 Å². The van der Waals surface area contributed by atoms with Gasteiger partial charge in [0.2, 0.25) is 0 Å². The van der Waals surface area contributed by atoms with Crippen molar-refractivity contribution in [2.75, 3.05) is 19.8 Å². The third kappa shape index (κ3) is 3.89. The molecule has 1 saturated heterocycles. The second kappa shape index (κ2) is 8.49. The Morgan fingerprint density at radius 2 is 2.03 bits per heavy atom. The molecule has 2 aliphatic heterocycles. The number of hydrogen-bond donors (Lipinski definition) is 0. The molecule has 1 aromatic heterocycles. The summed E-state index contributed by atoms with van der Waals surface area (Å²) in [7, 11) is 0. The number of thioether (sulfide) groups is 1. The number of para-hydroxylation sites is 1. The minimum absolute atomic E-state index is 0.0289. The standard InChI is InChI=1S/C22H21ClN2O4S/c23-17-10-14(11-19-20(17)29-9-8-28-19)13-30-22-24-18-6-2-1-5-16(18)21(26)25(22)12-15-4-3-7-27-15/h1-2,5-6,10-11,15H,3-4,7-9,12-13H2/t15-/m1/s1. The Morgan fingerprint density at radius 3 is 2.90 bits per heavy atom. The van der Waals surface area contributed by atoms with Crippen LogP contribution in [0.3, 0.4) is 0 Å². The van der Waals surface area contributed by atoms with Crippen molar-refractivity contribution in [3.63, 3.8) is 0 Å². The molecule has 8 heteroatoms. The maximum absolute atomic E-state index is 13.2. The summed E-state index contributed by atoms with van der Waals surface area (Å²) < 4.78 is 18.8. The van der Waals surface area contributed by atoms with Gasteiger partial charge in [-0.2, -0.15) is 0 Å². The van der Waals surface area contributed by atoms with Crippen molar-refractivity contribution in [2.24, 2.45) is 0 Å². The summed E-state index contributed by atoms with van der Waals surface area (Å²) >= 11 is 7.89. The van der Waals surface area contributed by atoms with Crippen molar-refractivity contribution in [1.29, 1.82) is 0 Å². The van der Waals surface area contributed by atoms with Gasteiger partial charge in [0.1, 0.15) is 13.2 Å². The van der Waals surface area contributed by atoms with Crippen molar-refractivity contribution >= 4 is 34.3 Å². The third-order valence-electron chi connectivity index (χ3n) is 5.26. The molecule has 0 bridgehead atoms. The fourth-order valence-electron chi connectivity index (χ4n) is 3.81. The van der Waals surface area contributed by atoms with Crippen molar-refractivity contribution in [3.05, 3.63) is 57.3 Å². The van der Waals surface area contributed by atoms with Gasteiger partial charge in [-0.1, -0.05) is 35.5 Å². The van der Waals surface area contributed by atoms with Crippen LogP contribution in [0, 0.1) is 0 Å². The smallest absolute Gasteiger partial charge is 0.262 e. The summed E-state index contributed by atoms with van der Waals surface area (Å²) in [5.74, 6) is 1.86. The maximum atomic E-state index is 13.2. The first-order valence-corrected chi connectivity index (χ1v) is 11.4. The molecular weight excluding hydrogens is 424 g/mol. The zero-order valence-corrected chi connectivity index (χ0v) is 17.9. The van der Waals surface area contributed by atoms with Crippen LogP contribution in [0.15, 0.2) is 46.3 Å². The summed E-state index contributed by atoms with van der Waals surface area (Å²) in [5, 5.41) is 1.84. The molecule has 2 aliphatic rings. The maximum Gasteiger partial charge on any atom is 0.262 e. The van der Waals surface area contributed by atoms with Gasteiger partial charge in [0, 0.05) is 12.4 Å². The van der Waals surface area contributed by atoms with E-state index in [1.165, 1.54) is 11.8 Å². The summed E-state index contributed by atoms with van der Waals surface area (Å²) in [5.41, 5.74) is 1.66. The van der Waals surface area contributed by atoms with Crippen LogP contribution < -0.4 is 15.0 Å². The highest BCUT2D eigenvalue weighted by atomic mass is 35.5. The Balaban J connectivity index is 1.47. The fourth-order valence-corrected chi connectivity index (χ4v) is 5.03. The van der Waals surface area contributed by atoms with Gasteiger partial charge in [0.05, 0.1) is 28.6 Å². The van der Waals surface area contributed by atoms with Crippen molar-refractivity contribution in [1.82, 2.24) is 9.55 Å². The van der Waals surface area contributed by atoms with Crippen molar-refractivity contribution in [3.8, 4) is 11.5 Å². The molecule has 3 heterocycles. The third-order valence-corrected chi connectivity index (χ3v) is 6.59. The first kappa shape index (κ1) is 19.7. The Hall–Kier alpha value is -2.22. The molecule has 3 aromatic rings. The highest BCUT2D eigenvalue weighted by molar-refractivity contribution is 7.98. The lowest BCUT2D eigenvalue weighted by atomic mass is 10.2. The topological polar surface area (TPSA) is 62.6 Å². The molecule has 0 amide bonds. The van der Waals surface area contributed by atoms with E-state index in [1.807, 2.05) is 36.4 Å². The van der Waals surface area contributed by atoms with Gasteiger partial charge in [0.15, 0.2) is 16.7 Å². The van der Waals surface area contributed by atoms with Crippen molar-refractivity contribution < 1.29 is 14.2 Å². The molecule has 1 fully saturated rings. The molecular formula is C22H21ClN2O4S. The number of ether oxygens (including phenoxy) is 3. The van der Waals surface area contributed by atoms with Crippen LogP contribution in [0.1, 0.15) is 18.4 Å². The minimum Gasteiger partial charge on any atom is -0.486 e. The molecule has 0 N–H and O–H groups in total. The van der Waals surface area contributed by atoms with E-state index in [-0.39, 0.29) is 11.7 Å². The molecule has 0 unspecified atom stereocenters. The number of halogens is 1. The van der Waals surface area contributed by atoms with Crippen LogP contribution in [-0.4, -0.2) is 35.5 Å². The average Bonchev–Trinajstić information content (AvgIpc) is 3.28. The van der Waals surface area contributed by atoms with E-state index in [0.717, 1.165) is 25.0 Å². The molecule has 1 atom stereocenters. The van der Waals surface area contributed by atoms with E-state index in [9.17, 15) is 4.79 Å². The molecule has 30 heavy (non-hydrogen) atoms. The molecule has 0 saturated carbocycles. The minimum atomic E-state index is -0.0289. The lowest BCUT2D eigenvalue weighted by Crippen LogP contribution is -2.28. The fraction of sp³-hybridized carbons (Fsp3) is 0.364. The van der Waals surface area contributed by atoms with Crippen molar-refractivity contribution in [2.45, 2.75) is 36.4 Å². The molecule has 0 aliphatic carbocycles. The lowest BCUT2D eigenvalue weighted by Gasteiger charge is -2.20. The van der Waals surface area contributed by atoms with E-state index < -0.39 is 0 Å². The van der Waals surface area contributed by atoms with Gasteiger partial charge in [-0.25, -0.2) is 4.98 Å². The molecule has 6 nitrogen and oxygen atoms in total. The molecule has 0 spiro atoms. The van der Waals surface area contributed by atoms with Crippen LogP contribution in [0.2, 0.25) is 5.02 Å². The van der Waals surface area contributed by atoms with Gasteiger partial charge < -0.3 is 14.2 Å². The molecule has 2 aromatic carbocycles. The number of benzene rings is 2. The SMILES string of the molecule is O=c1c2ccccc2nc(SCc2cc(Cl)c3c(c2)OCCO3)n1C[C@H]1CCCO1. The lowest BCUT2D eigenvalue weighted by molar-refractivity contribution is 0.0937. The van der Waals surface area contributed by atoms with Gasteiger partial charge in [0.25, 0.3) is 5.56 Å². The van der Waals surface area contributed by atoms with E-state index in [0.29, 0.717) is 58.1 Å². The van der Waals surface area contributed by atoms with E-state index in [2.05, 4.69) is 0 Å². The zero-order valence-electron chi connectivity index (χ0n) is 16.3. The average molecular weight is 445 g/mol. The summed E-state index contributed by atoms with van der Waals surface area (Å²) in [6, 6.07) is 11.3. The van der Waals surface area contributed by atoms with Crippen LogP contribution in [-0.2, 0) is 17.0 Å². The number of rotatable bonds is 5. The normalized spacial score (nSPS) is 18.1. The Morgan fingerprint density at radius 1 is 1.17 bits per heavy atom. The Bertz CT molecular complexity index is 1140. The second-order valence-electron chi connectivity index (χ2n) is 7.35. The van der Waals surface area contributed by atoms with Gasteiger partial charge >= 0.3 is 0 Å². The Kier molecular flexibility index (Phi) is 5.58. The van der Waals surface area contributed by atoms with Crippen LogP contribution in [0.25, 0.3) is 10.9 Å². The first-order valence-electron chi connectivity index (χ1n) is 10.0. The summed E-state index contributed by atoms with van der Waals surface area (Å²) in [6.07, 6.45) is 2.04. The molecule has 0 radical (unpaired) electrons. The second-order valence-corrected chi connectivity index (χ2v) is 8.70. The van der Waals surface area contributed by atoms with Crippen LogP contribution >= 0.6 is 23.4 Å². The molecule has 5 rings (SSSR count). The van der Waals surface area contributed by atoms with E-state index in [1.54, 1.807) is 4.57 Å².